The molecular formula is C17H22N4O3S. The molecule has 3 aliphatic heterocycles. The van der Waals surface area contributed by atoms with Gasteiger partial charge in [-0.05, 0) is 26.7 Å². The number of hydrogen-bond acceptors (Lipinski definition) is 7. The summed E-state index contributed by atoms with van der Waals surface area (Å²) in [6.07, 6.45) is 1.94. The molecule has 3 fully saturated rings. The molecule has 2 aromatic rings. The summed E-state index contributed by atoms with van der Waals surface area (Å²) in [5, 5.41) is 16.0. The number of aliphatic hydroxyl groups is 1. The Hall–Kier alpha value is -1.93. The van der Waals surface area contributed by atoms with E-state index in [0.717, 1.165) is 41.5 Å². The Labute approximate surface area is 150 Å². The molecule has 2 atom stereocenters. The van der Waals surface area contributed by atoms with Crippen molar-refractivity contribution in [3.05, 3.63) is 28.1 Å². The first-order chi connectivity index (χ1) is 12.1. The number of rotatable bonds is 4. The standard InChI is InChI=1S/C17H22N4O3S/c1-10-15(11(2)24-19-10)7-21-14-4-3-12(16(21)23)5-20(6-14)17-18-13(8-22)9-25-17/h9,12,14,22H,3-8H2,1-2H3/t12-,14+/m1/s1. The topological polar surface area (TPSA) is 82.7 Å². The maximum Gasteiger partial charge on any atom is 0.228 e. The summed E-state index contributed by atoms with van der Waals surface area (Å²) in [4.78, 5) is 21.7. The molecule has 0 spiro atoms. The van der Waals surface area contributed by atoms with Gasteiger partial charge in [-0.1, -0.05) is 5.16 Å². The lowest BCUT2D eigenvalue weighted by molar-refractivity contribution is -0.140. The Morgan fingerprint density at radius 1 is 1.36 bits per heavy atom. The summed E-state index contributed by atoms with van der Waals surface area (Å²) in [6, 6.07) is 0.168. The quantitative estimate of drug-likeness (QED) is 0.894. The fourth-order valence-corrected chi connectivity index (χ4v) is 4.65. The van der Waals surface area contributed by atoms with Gasteiger partial charge < -0.3 is 19.4 Å². The van der Waals surface area contributed by atoms with Crippen LogP contribution in [0, 0.1) is 19.8 Å². The number of hydrogen-bond donors (Lipinski definition) is 1. The van der Waals surface area contributed by atoms with E-state index in [1.165, 1.54) is 11.3 Å². The van der Waals surface area contributed by atoms with Crippen LogP contribution in [0.1, 0.15) is 35.6 Å². The molecule has 0 unspecified atom stereocenters. The number of piperidine rings is 1. The third kappa shape index (κ3) is 2.93. The van der Waals surface area contributed by atoms with E-state index in [0.29, 0.717) is 18.8 Å². The SMILES string of the molecule is Cc1noc(C)c1CN1C(=O)[C@@H]2CC[C@H]1CN(c1nc(CO)cs1)C2. The first-order valence-electron chi connectivity index (χ1n) is 8.59. The number of carbonyl (C=O) groups is 1. The van der Waals surface area contributed by atoms with Gasteiger partial charge in [0.2, 0.25) is 5.91 Å². The third-order valence-electron chi connectivity index (χ3n) is 5.28. The Morgan fingerprint density at radius 2 is 2.20 bits per heavy atom. The minimum absolute atomic E-state index is 0.000647. The molecular weight excluding hydrogens is 340 g/mol. The lowest BCUT2D eigenvalue weighted by Gasteiger charge is -2.35. The minimum atomic E-state index is -0.0473. The lowest BCUT2D eigenvalue weighted by atomic mass is 9.93. The minimum Gasteiger partial charge on any atom is -0.390 e. The van der Waals surface area contributed by atoms with Crippen LogP contribution in [-0.2, 0) is 17.9 Å². The predicted molar refractivity (Wildman–Crippen MR) is 93.3 cm³/mol. The fourth-order valence-electron chi connectivity index (χ4n) is 3.82. The van der Waals surface area contributed by atoms with Crippen LogP contribution in [0.3, 0.4) is 0 Å². The molecule has 5 heterocycles. The first kappa shape index (κ1) is 16.5. The highest BCUT2D eigenvalue weighted by atomic mass is 32.1. The maximum absolute atomic E-state index is 13.0. The number of aliphatic hydroxyl groups excluding tert-OH is 1. The van der Waals surface area contributed by atoms with Crippen LogP contribution in [0.4, 0.5) is 5.13 Å². The predicted octanol–water partition coefficient (Wildman–Crippen LogP) is 1.87. The van der Waals surface area contributed by atoms with Gasteiger partial charge >= 0.3 is 0 Å². The molecule has 0 saturated carbocycles. The molecule has 1 amide bonds. The number of carbonyl (C=O) groups excluding carboxylic acids is 1. The summed E-state index contributed by atoms with van der Waals surface area (Å²) < 4.78 is 5.26. The van der Waals surface area contributed by atoms with Crippen molar-refractivity contribution in [3.63, 3.8) is 0 Å². The molecule has 134 valence electrons. The van der Waals surface area contributed by atoms with Gasteiger partial charge in [0.05, 0.1) is 30.5 Å². The second kappa shape index (κ2) is 6.42. The van der Waals surface area contributed by atoms with Gasteiger partial charge in [0, 0.05) is 30.1 Å². The monoisotopic (exact) mass is 362 g/mol. The molecule has 0 aliphatic carbocycles. The van der Waals surface area contributed by atoms with Crippen molar-refractivity contribution in [3.8, 4) is 0 Å². The molecule has 25 heavy (non-hydrogen) atoms. The van der Waals surface area contributed by atoms with Crippen molar-refractivity contribution in [2.24, 2.45) is 5.92 Å². The average molecular weight is 362 g/mol. The highest BCUT2D eigenvalue weighted by molar-refractivity contribution is 7.13. The van der Waals surface area contributed by atoms with Crippen LogP contribution in [-0.4, -0.2) is 45.2 Å². The fraction of sp³-hybridized carbons (Fsp3) is 0.588. The molecule has 3 aliphatic rings. The normalized spacial score (nSPS) is 23.4. The molecule has 0 aromatic carbocycles. The van der Waals surface area contributed by atoms with Crippen LogP contribution in [0.2, 0.25) is 0 Å². The van der Waals surface area contributed by atoms with E-state index in [1.54, 1.807) is 0 Å². The largest absolute Gasteiger partial charge is 0.390 e. The van der Waals surface area contributed by atoms with Gasteiger partial charge in [0.15, 0.2) is 5.13 Å². The van der Waals surface area contributed by atoms with Crippen LogP contribution in [0.25, 0.3) is 0 Å². The molecule has 7 nitrogen and oxygen atoms in total. The van der Waals surface area contributed by atoms with Crippen LogP contribution < -0.4 is 4.90 Å². The summed E-state index contributed by atoms with van der Waals surface area (Å²) in [5.41, 5.74) is 2.56. The first-order valence-corrected chi connectivity index (χ1v) is 9.47. The Morgan fingerprint density at radius 3 is 2.88 bits per heavy atom. The van der Waals surface area contributed by atoms with E-state index in [-0.39, 0.29) is 24.5 Å². The summed E-state index contributed by atoms with van der Waals surface area (Å²) in [7, 11) is 0. The summed E-state index contributed by atoms with van der Waals surface area (Å²) in [6.45, 7) is 5.82. The Bertz CT molecular complexity index is 767. The number of anilines is 1. The highest BCUT2D eigenvalue weighted by Gasteiger charge is 2.41. The molecule has 2 bridgehead atoms. The van der Waals surface area contributed by atoms with Gasteiger partial charge in [-0.2, -0.15) is 0 Å². The molecule has 0 radical (unpaired) electrons. The number of fused-ring (bicyclic) bond motifs is 4. The zero-order valence-corrected chi connectivity index (χ0v) is 15.3. The zero-order valence-electron chi connectivity index (χ0n) is 14.4. The molecule has 5 rings (SSSR count). The second-order valence-corrected chi connectivity index (χ2v) is 7.72. The average Bonchev–Trinajstić information content (AvgIpc) is 3.10. The lowest BCUT2D eigenvalue weighted by Crippen LogP contribution is -2.47. The molecule has 3 saturated heterocycles. The third-order valence-corrected chi connectivity index (χ3v) is 6.23. The molecule has 2 aromatic heterocycles. The van der Waals surface area contributed by atoms with Crippen molar-refractivity contribution >= 4 is 22.4 Å². The van der Waals surface area contributed by atoms with Gasteiger partial charge in [0.1, 0.15) is 5.76 Å². The number of aryl methyl sites for hydroxylation is 2. The van der Waals surface area contributed by atoms with Crippen molar-refractivity contribution < 1.29 is 14.4 Å². The zero-order chi connectivity index (χ0) is 17.6. The van der Waals surface area contributed by atoms with Gasteiger partial charge in [-0.3, -0.25) is 4.79 Å². The second-order valence-electron chi connectivity index (χ2n) is 6.88. The smallest absolute Gasteiger partial charge is 0.228 e. The Balaban J connectivity index is 1.58. The number of amides is 1. The Kier molecular flexibility index (Phi) is 4.24. The number of nitrogens with zero attached hydrogens (tertiary/aromatic N) is 4. The summed E-state index contributed by atoms with van der Waals surface area (Å²) >= 11 is 1.53. The van der Waals surface area contributed by atoms with Crippen LogP contribution in [0.5, 0.6) is 0 Å². The maximum atomic E-state index is 13.0. The van der Waals surface area contributed by atoms with E-state index in [4.69, 9.17) is 4.52 Å². The van der Waals surface area contributed by atoms with E-state index >= 15 is 0 Å². The van der Waals surface area contributed by atoms with Crippen LogP contribution in [0.15, 0.2) is 9.90 Å². The van der Waals surface area contributed by atoms with E-state index in [1.807, 2.05) is 24.1 Å². The van der Waals surface area contributed by atoms with Crippen LogP contribution >= 0.6 is 11.3 Å². The van der Waals surface area contributed by atoms with Crippen molar-refractivity contribution in [1.82, 2.24) is 15.0 Å². The van der Waals surface area contributed by atoms with E-state index < -0.39 is 0 Å². The summed E-state index contributed by atoms with van der Waals surface area (Å²) in [5.74, 6) is 1.01. The highest BCUT2D eigenvalue weighted by Crippen LogP contribution is 2.34. The van der Waals surface area contributed by atoms with Gasteiger partial charge in [-0.25, -0.2) is 4.98 Å². The van der Waals surface area contributed by atoms with Gasteiger partial charge in [0.25, 0.3) is 0 Å². The van der Waals surface area contributed by atoms with E-state index in [9.17, 15) is 9.90 Å². The van der Waals surface area contributed by atoms with Crippen molar-refractivity contribution in [2.75, 3.05) is 18.0 Å². The number of thiazole rings is 1. The van der Waals surface area contributed by atoms with Crippen molar-refractivity contribution in [1.29, 1.82) is 0 Å². The molecule has 8 heteroatoms. The molecule has 1 N–H and O–H groups in total. The van der Waals surface area contributed by atoms with Gasteiger partial charge in [-0.15, -0.1) is 11.3 Å². The number of aromatic nitrogens is 2. The van der Waals surface area contributed by atoms with E-state index in [2.05, 4.69) is 15.0 Å². The van der Waals surface area contributed by atoms with Crippen molar-refractivity contribution in [2.45, 2.75) is 45.9 Å².